The predicted octanol–water partition coefficient (Wildman–Crippen LogP) is 6.41. The van der Waals surface area contributed by atoms with Crippen LogP contribution in [-0.4, -0.2) is 11.8 Å². The van der Waals surface area contributed by atoms with Crippen LogP contribution in [0.25, 0.3) is 11.1 Å². The highest BCUT2D eigenvalue weighted by molar-refractivity contribution is 9.10. The average Bonchev–Trinajstić information content (AvgIpc) is 3.05. The average molecular weight is 457 g/mol. The minimum absolute atomic E-state index is 0.0898. The summed E-state index contributed by atoms with van der Waals surface area (Å²) in [7, 11) is 0. The summed E-state index contributed by atoms with van der Waals surface area (Å²) in [5.41, 5.74) is 2.90. The fourth-order valence-electron chi connectivity index (χ4n) is 2.81. The lowest BCUT2D eigenvalue weighted by Gasteiger charge is -2.11. The number of carbonyl (C=O) groups excluding carboxylic acids is 2. The van der Waals surface area contributed by atoms with E-state index >= 15 is 0 Å². The predicted molar refractivity (Wildman–Crippen MR) is 120 cm³/mol. The Kier molecular flexibility index (Phi) is 6.65. The Morgan fingerprint density at radius 2 is 1.79 bits per heavy atom. The molecule has 6 heteroatoms. The number of nitrogens with one attached hydrogen (secondary N) is 2. The van der Waals surface area contributed by atoms with Crippen LogP contribution in [0.15, 0.2) is 64.5 Å². The van der Waals surface area contributed by atoms with Gasteiger partial charge in [-0.25, -0.2) is 0 Å². The number of halogens is 1. The van der Waals surface area contributed by atoms with Gasteiger partial charge >= 0.3 is 0 Å². The van der Waals surface area contributed by atoms with E-state index in [9.17, 15) is 9.59 Å². The maximum Gasteiger partial charge on any atom is 0.259 e. The lowest BCUT2D eigenvalue weighted by atomic mass is 10.0. The van der Waals surface area contributed by atoms with Crippen molar-refractivity contribution in [2.75, 3.05) is 10.6 Å². The number of amides is 2. The summed E-state index contributed by atoms with van der Waals surface area (Å²) in [6, 6.07) is 17.1. The zero-order valence-corrected chi connectivity index (χ0v) is 18.1. The third-order valence-corrected chi connectivity index (χ3v) is 5.42. The molecule has 2 N–H and O–H groups in total. The van der Waals surface area contributed by atoms with E-state index in [1.807, 2.05) is 73.8 Å². The van der Waals surface area contributed by atoms with Crippen LogP contribution < -0.4 is 10.6 Å². The molecule has 1 heterocycles. The van der Waals surface area contributed by atoms with Crippen molar-refractivity contribution >= 4 is 49.8 Å². The van der Waals surface area contributed by atoms with Crippen molar-refractivity contribution in [2.45, 2.75) is 20.3 Å². The number of carbonyl (C=O) groups is 2. The van der Waals surface area contributed by atoms with Crippen molar-refractivity contribution in [3.8, 4) is 11.1 Å². The fraction of sp³-hybridized carbons (Fsp3) is 0.182. The summed E-state index contributed by atoms with van der Waals surface area (Å²) in [5, 5.41) is 8.34. The Morgan fingerprint density at radius 1 is 1.04 bits per heavy atom. The molecule has 3 aromatic rings. The summed E-state index contributed by atoms with van der Waals surface area (Å²) in [4.78, 5) is 25.4. The molecule has 0 bridgehead atoms. The van der Waals surface area contributed by atoms with Gasteiger partial charge in [0.05, 0.1) is 5.56 Å². The van der Waals surface area contributed by atoms with Gasteiger partial charge in [0.25, 0.3) is 5.91 Å². The number of rotatable bonds is 6. The van der Waals surface area contributed by atoms with Gasteiger partial charge in [0, 0.05) is 27.5 Å². The third-order valence-electron chi connectivity index (χ3n) is 4.03. The van der Waals surface area contributed by atoms with E-state index in [1.165, 1.54) is 11.3 Å². The molecule has 2 amide bonds. The van der Waals surface area contributed by atoms with Crippen LogP contribution >= 0.6 is 27.3 Å². The molecule has 0 radical (unpaired) electrons. The first-order chi connectivity index (χ1) is 13.4. The van der Waals surface area contributed by atoms with Crippen LogP contribution in [0.5, 0.6) is 0 Å². The number of hydrogen-bond acceptors (Lipinski definition) is 3. The minimum atomic E-state index is -0.252. The molecule has 1 aromatic heterocycles. The molecule has 0 atom stereocenters. The van der Waals surface area contributed by atoms with Gasteiger partial charge < -0.3 is 10.6 Å². The molecule has 2 aromatic carbocycles. The summed E-state index contributed by atoms with van der Waals surface area (Å²) in [6.07, 6.45) is 0.408. The lowest BCUT2D eigenvalue weighted by molar-refractivity contribution is -0.116. The van der Waals surface area contributed by atoms with Gasteiger partial charge in [-0.1, -0.05) is 66.2 Å². The monoisotopic (exact) mass is 456 g/mol. The quantitative estimate of drug-likeness (QED) is 0.449. The van der Waals surface area contributed by atoms with Crippen molar-refractivity contribution in [1.29, 1.82) is 0 Å². The molecule has 0 aliphatic carbocycles. The molecule has 4 nitrogen and oxygen atoms in total. The van der Waals surface area contributed by atoms with Crippen LogP contribution in [0, 0.1) is 5.92 Å². The molecule has 3 rings (SSSR count). The zero-order valence-electron chi connectivity index (χ0n) is 15.7. The normalized spacial score (nSPS) is 10.7. The van der Waals surface area contributed by atoms with E-state index in [2.05, 4.69) is 26.6 Å². The summed E-state index contributed by atoms with van der Waals surface area (Å²) >= 11 is 4.78. The Bertz CT molecular complexity index is 983. The largest absolute Gasteiger partial charge is 0.322 e. The Balaban J connectivity index is 1.96. The van der Waals surface area contributed by atoms with Gasteiger partial charge in [-0.15, -0.1) is 11.3 Å². The van der Waals surface area contributed by atoms with Crippen molar-refractivity contribution in [3.05, 3.63) is 70.0 Å². The molecule has 0 aliphatic rings. The number of anilines is 2. The topological polar surface area (TPSA) is 58.2 Å². The van der Waals surface area contributed by atoms with E-state index in [1.54, 1.807) is 0 Å². The highest BCUT2D eigenvalue weighted by atomic mass is 79.9. The molecular weight excluding hydrogens is 436 g/mol. The molecule has 0 fully saturated rings. The second kappa shape index (κ2) is 9.17. The highest BCUT2D eigenvalue weighted by Gasteiger charge is 2.22. The van der Waals surface area contributed by atoms with Crippen LogP contribution in [0.2, 0.25) is 0 Å². The summed E-state index contributed by atoms with van der Waals surface area (Å²) in [5.74, 6) is -0.0986. The van der Waals surface area contributed by atoms with Crippen LogP contribution in [0.3, 0.4) is 0 Å². The van der Waals surface area contributed by atoms with Crippen molar-refractivity contribution in [2.24, 2.45) is 5.92 Å². The van der Waals surface area contributed by atoms with Crippen LogP contribution in [-0.2, 0) is 4.79 Å². The molecular formula is C22H21BrN2O2S. The van der Waals surface area contributed by atoms with Gasteiger partial charge in [-0.05, 0) is 29.7 Å². The van der Waals surface area contributed by atoms with Crippen LogP contribution in [0.1, 0.15) is 30.6 Å². The van der Waals surface area contributed by atoms with Gasteiger partial charge in [0.15, 0.2) is 0 Å². The molecule has 28 heavy (non-hydrogen) atoms. The maximum absolute atomic E-state index is 13.1. The number of benzene rings is 2. The first kappa shape index (κ1) is 20.3. The second-order valence-corrected chi connectivity index (χ2v) is 8.63. The fourth-order valence-corrected chi connectivity index (χ4v) is 4.20. The van der Waals surface area contributed by atoms with E-state index in [-0.39, 0.29) is 17.7 Å². The van der Waals surface area contributed by atoms with E-state index in [0.29, 0.717) is 22.7 Å². The van der Waals surface area contributed by atoms with Crippen molar-refractivity contribution < 1.29 is 9.59 Å². The van der Waals surface area contributed by atoms with Gasteiger partial charge in [0.2, 0.25) is 5.91 Å². The van der Waals surface area contributed by atoms with Gasteiger partial charge in [-0.2, -0.15) is 0 Å². The zero-order chi connectivity index (χ0) is 20.1. The third kappa shape index (κ3) is 5.09. The molecule has 0 saturated carbocycles. The van der Waals surface area contributed by atoms with E-state index in [4.69, 9.17) is 0 Å². The summed E-state index contributed by atoms with van der Waals surface area (Å²) in [6.45, 7) is 3.98. The molecule has 0 spiro atoms. The van der Waals surface area contributed by atoms with Crippen molar-refractivity contribution in [3.63, 3.8) is 0 Å². The Labute approximate surface area is 177 Å². The van der Waals surface area contributed by atoms with Gasteiger partial charge in [0.1, 0.15) is 5.00 Å². The second-order valence-electron chi connectivity index (χ2n) is 6.83. The van der Waals surface area contributed by atoms with Crippen LogP contribution in [0.4, 0.5) is 10.7 Å². The maximum atomic E-state index is 13.1. The summed E-state index contributed by atoms with van der Waals surface area (Å²) < 4.78 is 0.879. The SMILES string of the molecule is CC(C)CC(=O)Nc1scc(-c2ccccc2)c1C(=O)Nc1cccc(Br)c1. The first-order valence-electron chi connectivity index (χ1n) is 8.97. The molecule has 144 valence electrons. The molecule has 0 aliphatic heterocycles. The lowest BCUT2D eigenvalue weighted by Crippen LogP contribution is -2.18. The Morgan fingerprint density at radius 3 is 2.46 bits per heavy atom. The number of hydrogen-bond donors (Lipinski definition) is 2. The molecule has 0 unspecified atom stereocenters. The van der Waals surface area contributed by atoms with E-state index < -0.39 is 0 Å². The standard InChI is InChI=1S/C22H21BrN2O2S/c1-14(2)11-19(26)25-22-20(18(13-28-22)15-7-4-3-5-8-15)21(27)24-17-10-6-9-16(23)12-17/h3-10,12-14H,11H2,1-2H3,(H,24,27)(H,25,26). The smallest absolute Gasteiger partial charge is 0.259 e. The molecule has 0 saturated heterocycles. The Hall–Kier alpha value is -2.44. The highest BCUT2D eigenvalue weighted by Crippen LogP contribution is 2.36. The van der Waals surface area contributed by atoms with Gasteiger partial charge in [-0.3, -0.25) is 9.59 Å². The van der Waals surface area contributed by atoms with E-state index in [0.717, 1.165) is 15.6 Å². The van der Waals surface area contributed by atoms with Crippen molar-refractivity contribution in [1.82, 2.24) is 0 Å². The minimum Gasteiger partial charge on any atom is -0.322 e. The number of thiophene rings is 1. The first-order valence-corrected chi connectivity index (χ1v) is 10.6.